The van der Waals surface area contributed by atoms with E-state index in [-0.39, 0.29) is 0 Å². The molecular formula is C19H22BFN2O3. The lowest BCUT2D eigenvalue weighted by molar-refractivity contribution is 0.00578. The zero-order valence-corrected chi connectivity index (χ0v) is 15.3. The molecule has 3 rings (SSSR count). The number of anilines is 2. The highest BCUT2D eigenvalue weighted by Crippen LogP contribution is 2.36. The Bertz CT molecular complexity index is 808. The van der Waals surface area contributed by atoms with E-state index in [0.717, 1.165) is 5.46 Å². The van der Waals surface area contributed by atoms with Crippen LogP contribution in [0.2, 0.25) is 0 Å². The van der Waals surface area contributed by atoms with Crippen LogP contribution in [0.5, 0.6) is 0 Å². The number of amides is 2. The first-order chi connectivity index (χ1) is 12.1. The molecule has 0 aliphatic carbocycles. The lowest BCUT2D eigenvalue weighted by Gasteiger charge is -2.32. The number of benzene rings is 2. The molecule has 0 atom stereocenters. The van der Waals surface area contributed by atoms with Gasteiger partial charge < -0.3 is 15.0 Å². The molecule has 2 aromatic rings. The lowest BCUT2D eigenvalue weighted by Crippen LogP contribution is -2.41. The normalized spacial score (nSPS) is 18.0. The van der Waals surface area contributed by atoms with Crippen LogP contribution in [-0.4, -0.2) is 24.4 Å². The van der Waals surface area contributed by atoms with E-state index in [9.17, 15) is 9.18 Å². The van der Waals surface area contributed by atoms with Crippen LogP contribution in [0.3, 0.4) is 0 Å². The van der Waals surface area contributed by atoms with Crippen LogP contribution in [0.4, 0.5) is 20.6 Å². The Labute approximate surface area is 153 Å². The van der Waals surface area contributed by atoms with Gasteiger partial charge in [-0.1, -0.05) is 18.2 Å². The van der Waals surface area contributed by atoms with Gasteiger partial charge in [0.1, 0.15) is 5.82 Å². The van der Waals surface area contributed by atoms with Crippen LogP contribution in [0, 0.1) is 5.82 Å². The summed E-state index contributed by atoms with van der Waals surface area (Å²) >= 11 is 0. The van der Waals surface area contributed by atoms with Gasteiger partial charge in [-0.3, -0.25) is 4.90 Å². The van der Waals surface area contributed by atoms with Crippen LogP contribution in [0.1, 0.15) is 27.7 Å². The van der Waals surface area contributed by atoms with Gasteiger partial charge in [-0.15, -0.1) is 0 Å². The second-order valence-corrected chi connectivity index (χ2v) is 7.33. The molecule has 0 aromatic heterocycles. The standard InChI is InChI=1S/C19H22BFN2O3/c1-18(2)19(3,4)26-20(25-18)13-8-10-15(11-9-13)23(17(22)24)16-7-5-6-14(21)12-16/h5-12H,1-4H3,(H2,22,24). The maximum Gasteiger partial charge on any atom is 0.494 e. The van der Waals surface area contributed by atoms with Crippen LogP contribution >= 0.6 is 0 Å². The van der Waals surface area contributed by atoms with Crippen LogP contribution in [0.15, 0.2) is 48.5 Å². The molecule has 1 fully saturated rings. The summed E-state index contributed by atoms with van der Waals surface area (Å²) in [5.74, 6) is -0.442. The highest BCUT2D eigenvalue weighted by Gasteiger charge is 2.51. The molecular weight excluding hydrogens is 334 g/mol. The van der Waals surface area contributed by atoms with Gasteiger partial charge in [0, 0.05) is 0 Å². The maximum atomic E-state index is 13.5. The number of rotatable bonds is 3. The van der Waals surface area contributed by atoms with Crippen molar-refractivity contribution in [1.29, 1.82) is 0 Å². The molecule has 136 valence electrons. The molecule has 2 N–H and O–H groups in total. The number of carbonyl (C=O) groups is 1. The second kappa shape index (κ2) is 6.41. The molecule has 0 saturated carbocycles. The fourth-order valence-electron chi connectivity index (χ4n) is 2.78. The third-order valence-corrected chi connectivity index (χ3v) is 4.96. The first kappa shape index (κ1) is 18.4. The third-order valence-electron chi connectivity index (χ3n) is 4.96. The highest BCUT2D eigenvalue weighted by molar-refractivity contribution is 6.62. The smallest absolute Gasteiger partial charge is 0.399 e. The predicted molar refractivity (Wildman–Crippen MR) is 100 cm³/mol. The van der Waals surface area contributed by atoms with E-state index >= 15 is 0 Å². The summed E-state index contributed by atoms with van der Waals surface area (Å²) in [7, 11) is -0.495. The number of nitrogens with zero attached hydrogens (tertiary/aromatic N) is 1. The maximum absolute atomic E-state index is 13.5. The van der Waals surface area contributed by atoms with Gasteiger partial charge in [0.2, 0.25) is 0 Å². The number of halogens is 1. The SMILES string of the molecule is CC1(C)OB(c2ccc(N(C(N)=O)c3cccc(F)c3)cc2)OC1(C)C. The predicted octanol–water partition coefficient (Wildman–Crippen LogP) is 3.34. The molecule has 26 heavy (non-hydrogen) atoms. The molecule has 1 aliphatic rings. The Morgan fingerprint density at radius 3 is 2.08 bits per heavy atom. The lowest BCUT2D eigenvalue weighted by atomic mass is 9.79. The zero-order valence-electron chi connectivity index (χ0n) is 15.3. The summed E-state index contributed by atoms with van der Waals surface area (Å²) in [6.45, 7) is 7.95. The molecule has 1 heterocycles. The van der Waals surface area contributed by atoms with E-state index < -0.39 is 30.2 Å². The largest absolute Gasteiger partial charge is 0.494 e. The molecule has 5 nitrogen and oxygen atoms in total. The summed E-state index contributed by atoms with van der Waals surface area (Å²) in [5.41, 5.74) is 6.35. The number of hydrogen-bond acceptors (Lipinski definition) is 3. The molecule has 0 unspecified atom stereocenters. The number of urea groups is 1. The summed E-state index contributed by atoms with van der Waals surface area (Å²) < 4.78 is 25.6. The summed E-state index contributed by atoms with van der Waals surface area (Å²) in [5, 5.41) is 0. The molecule has 0 bridgehead atoms. The zero-order chi connectivity index (χ0) is 19.1. The average molecular weight is 356 g/mol. The minimum absolute atomic E-state index is 0.362. The molecule has 1 aliphatic heterocycles. The minimum Gasteiger partial charge on any atom is -0.399 e. The van der Waals surface area contributed by atoms with Crippen molar-refractivity contribution < 1.29 is 18.5 Å². The van der Waals surface area contributed by atoms with Gasteiger partial charge in [0.25, 0.3) is 0 Å². The van der Waals surface area contributed by atoms with Crippen molar-refractivity contribution in [3.8, 4) is 0 Å². The van der Waals surface area contributed by atoms with Gasteiger partial charge in [0.15, 0.2) is 0 Å². The Balaban J connectivity index is 1.88. The van der Waals surface area contributed by atoms with Gasteiger partial charge >= 0.3 is 13.1 Å². The fourth-order valence-corrected chi connectivity index (χ4v) is 2.78. The van der Waals surface area contributed by atoms with Crippen molar-refractivity contribution >= 4 is 30.0 Å². The van der Waals surface area contributed by atoms with E-state index in [4.69, 9.17) is 15.0 Å². The van der Waals surface area contributed by atoms with E-state index in [2.05, 4.69) is 0 Å². The molecule has 2 amide bonds. The Morgan fingerprint density at radius 2 is 1.58 bits per heavy atom. The Morgan fingerprint density at radius 1 is 1.00 bits per heavy atom. The van der Waals surface area contributed by atoms with Gasteiger partial charge in [0.05, 0.1) is 22.6 Å². The first-order valence-corrected chi connectivity index (χ1v) is 8.41. The van der Waals surface area contributed by atoms with Gasteiger partial charge in [-0.05, 0) is 63.5 Å². The molecule has 7 heteroatoms. The number of hydrogen-bond donors (Lipinski definition) is 1. The van der Waals surface area contributed by atoms with Gasteiger partial charge in [-0.25, -0.2) is 9.18 Å². The molecule has 0 radical (unpaired) electrons. The number of primary amides is 1. The molecule has 1 saturated heterocycles. The highest BCUT2D eigenvalue weighted by atomic mass is 19.1. The van der Waals surface area contributed by atoms with Crippen molar-refractivity contribution in [2.24, 2.45) is 5.73 Å². The average Bonchev–Trinajstić information content (AvgIpc) is 2.76. The van der Waals surface area contributed by atoms with Crippen LogP contribution < -0.4 is 16.1 Å². The second-order valence-electron chi connectivity index (χ2n) is 7.33. The Hall–Kier alpha value is -2.38. The molecule has 2 aromatic carbocycles. The first-order valence-electron chi connectivity index (χ1n) is 8.41. The van der Waals surface area contributed by atoms with E-state index in [1.807, 2.05) is 39.8 Å². The topological polar surface area (TPSA) is 64.8 Å². The van der Waals surface area contributed by atoms with E-state index in [1.54, 1.807) is 18.2 Å². The van der Waals surface area contributed by atoms with Crippen LogP contribution in [0.25, 0.3) is 0 Å². The van der Waals surface area contributed by atoms with E-state index in [1.165, 1.54) is 23.1 Å². The minimum atomic E-state index is -0.695. The third kappa shape index (κ3) is 3.32. The van der Waals surface area contributed by atoms with Crippen molar-refractivity contribution in [3.63, 3.8) is 0 Å². The number of carbonyl (C=O) groups excluding carboxylic acids is 1. The van der Waals surface area contributed by atoms with Gasteiger partial charge in [-0.2, -0.15) is 0 Å². The van der Waals surface area contributed by atoms with E-state index in [0.29, 0.717) is 11.4 Å². The summed E-state index contributed by atoms with van der Waals surface area (Å²) in [4.78, 5) is 13.1. The summed E-state index contributed by atoms with van der Waals surface area (Å²) in [6, 6.07) is 12.1. The monoisotopic (exact) mass is 356 g/mol. The molecule has 0 spiro atoms. The Kier molecular flexibility index (Phi) is 4.54. The summed E-state index contributed by atoms with van der Waals surface area (Å²) in [6.07, 6.45) is 0. The van der Waals surface area contributed by atoms with Crippen molar-refractivity contribution in [3.05, 3.63) is 54.3 Å². The quantitative estimate of drug-likeness (QED) is 0.858. The van der Waals surface area contributed by atoms with Crippen molar-refractivity contribution in [2.45, 2.75) is 38.9 Å². The van der Waals surface area contributed by atoms with Crippen molar-refractivity contribution in [1.82, 2.24) is 0 Å². The fraction of sp³-hybridized carbons (Fsp3) is 0.316. The van der Waals surface area contributed by atoms with Crippen LogP contribution in [-0.2, 0) is 9.31 Å². The van der Waals surface area contributed by atoms with Crippen molar-refractivity contribution in [2.75, 3.05) is 4.90 Å². The number of nitrogens with two attached hydrogens (primary N) is 1.